The van der Waals surface area contributed by atoms with Gasteiger partial charge in [-0.25, -0.2) is 0 Å². The average molecular weight is 465 g/mol. The van der Waals surface area contributed by atoms with Crippen LogP contribution in [0.4, 0.5) is 0 Å². The molecule has 2 heterocycles. The van der Waals surface area contributed by atoms with E-state index >= 15 is 0 Å². The standard InChI is InChI=1S/C34H28N2/c1-3-9-21(10-4-1)33-25-15-16-26(33)28-18-17-27(25)34(28,22-11-5-2-6-12-22)30-29(33)31-23(13-7-19-35-31)24-14-8-20-36-32(24)30/h1-14,19-20,25-28H,15-18H2. The Hall–Kier alpha value is -3.52. The third-order valence-electron chi connectivity index (χ3n) is 10.8. The summed E-state index contributed by atoms with van der Waals surface area (Å²) in [6, 6.07) is 31.8. The Morgan fingerprint density at radius 1 is 0.472 bits per heavy atom. The predicted octanol–water partition coefficient (Wildman–Crippen LogP) is 7.43. The Morgan fingerprint density at radius 3 is 1.25 bits per heavy atom. The minimum Gasteiger partial charge on any atom is -0.256 e. The van der Waals surface area contributed by atoms with Crippen LogP contribution < -0.4 is 0 Å². The van der Waals surface area contributed by atoms with Gasteiger partial charge < -0.3 is 0 Å². The van der Waals surface area contributed by atoms with Crippen molar-refractivity contribution in [2.75, 3.05) is 0 Å². The smallest absolute Gasteiger partial charge is 0.0753 e. The first-order valence-corrected chi connectivity index (χ1v) is 13.7. The lowest BCUT2D eigenvalue weighted by Crippen LogP contribution is -2.62. The molecule has 5 aliphatic rings. The highest BCUT2D eigenvalue weighted by Gasteiger charge is 2.76. The number of fused-ring (bicyclic) bond motifs is 3. The number of nitrogens with zero attached hydrogens (tertiary/aromatic N) is 2. The van der Waals surface area contributed by atoms with Crippen LogP contribution in [0.15, 0.2) is 97.3 Å². The molecule has 2 nitrogen and oxygen atoms in total. The molecule has 2 heteroatoms. The zero-order valence-corrected chi connectivity index (χ0v) is 20.3. The summed E-state index contributed by atoms with van der Waals surface area (Å²) in [5, 5.41) is 2.52. The van der Waals surface area contributed by atoms with Crippen molar-refractivity contribution in [1.82, 2.24) is 9.97 Å². The van der Waals surface area contributed by atoms with Crippen LogP contribution in [-0.2, 0) is 10.8 Å². The lowest BCUT2D eigenvalue weighted by atomic mass is 9.38. The summed E-state index contributed by atoms with van der Waals surface area (Å²) in [5.41, 5.74) is 8.54. The van der Waals surface area contributed by atoms with Gasteiger partial charge in [-0.1, -0.05) is 72.8 Å². The molecule has 4 unspecified atom stereocenters. The molecule has 5 aromatic rings. The highest BCUT2D eigenvalue weighted by molar-refractivity contribution is 6.10. The van der Waals surface area contributed by atoms with E-state index in [1.165, 1.54) is 69.7 Å². The summed E-state index contributed by atoms with van der Waals surface area (Å²) >= 11 is 0. The van der Waals surface area contributed by atoms with Gasteiger partial charge in [0.2, 0.25) is 0 Å². The number of rotatable bonds is 2. The van der Waals surface area contributed by atoms with Crippen molar-refractivity contribution in [3.8, 4) is 0 Å². The molecule has 6 bridgehead atoms. The fraction of sp³-hybridized carbons (Fsp3) is 0.294. The van der Waals surface area contributed by atoms with Crippen LogP contribution in [0.25, 0.3) is 21.8 Å². The second-order valence-corrected chi connectivity index (χ2v) is 11.6. The second kappa shape index (κ2) is 6.62. The first kappa shape index (κ1) is 19.6. The van der Waals surface area contributed by atoms with E-state index in [0.29, 0.717) is 23.7 Å². The SMILES string of the molecule is c1ccc(C23c4c(c5ncccc5c5cccnc45)C4(c5ccccc5)C5CCC4C2CCC53)cc1. The predicted molar refractivity (Wildman–Crippen MR) is 144 cm³/mol. The van der Waals surface area contributed by atoms with Crippen molar-refractivity contribution in [2.45, 2.75) is 36.5 Å². The molecule has 0 saturated heterocycles. The fourth-order valence-corrected chi connectivity index (χ4v) is 10.3. The first-order valence-electron chi connectivity index (χ1n) is 13.7. The molecule has 0 radical (unpaired) electrons. The molecule has 0 amide bonds. The minimum atomic E-state index is 0.0251. The third kappa shape index (κ3) is 1.95. The Morgan fingerprint density at radius 2 is 0.861 bits per heavy atom. The van der Waals surface area contributed by atoms with Crippen molar-refractivity contribution in [1.29, 1.82) is 0 Å². The lowest BCUT2D eigenvalue weighted by Gasteiger charge is -2.64. The van der Waals surface area contributed by atoms with Gasteiger partial charge in [-0.2, -0.15) is 0 Å². The molecule has 0 N–H and O–H groups in total. The van der Waals surface area contributed by atoms with Gasteiger partial charge in [0.15, 0.2) is 0 Å². The summed E-state index contributed by atoms with van der Waals surface area (Å²) < 4.78 is 0. The van der Waals surface area contributed by atoms with Crippen LogP contribution in [0.1, 0.15) is 47.9 Å². The summed E-state index contributed by atoms with van der Waals surface area (Å²) in [7, 11) is 0. The van der Waals surface area contributed by atoms with E-state index in [2.05, 4.69) is 84.9 Å². The molecule has 36 heavy (non-hydrogen) atoms. The molecule has 3 aromatic carbocycles. The van der Waals surface area contributed by atoms with Crippen LogP contribution in [0.5, 0.6) is 0 Å². The highest BCUT2D eigenvalue weighted by Crippen LogP contribution is 2.80. The summed E-state index contributed by atoms with van der Waals surface area (Å²) in [5.74, 6) is 2.57. The van der Waals surface area contributed by atoms with Gasteiger partial charge in [-0.05, 0) is 83.7 Å². The molecule has 5 aliphatic carbocycles. The van der Waals surface area contributed by atoms with Crippen molar-refractivity contribution >= 4 is 21.8 Å². The second-order valence-electron chi connectivity index (χ2n) is 11.6. The Balaban J connectivity index is 1.58. The van der Waals surface area contributed by atoms with E-state index < -0.39 is 0 Å². The van der Waals surface area contributed by atoms with Gasteiger partial charge in [0.1, 0.15) is 0 Å². The van der Waals surface area contributed by atoms with Crippen molar-refractivity contribution in [2.24, 2.45) is 23.7 Å². The molecule has 2 aromatic heterocycles. The molecule has 0 aliphatic heterocycles. The number of hydrogen-bond acceptors (Lipinski definition) is 2. The van der Waals surface area contributed by atoms with E-state index in [-0.39, 0.29) is 10.8 Å². The van der Waals surface area contributed by atoms with Crippen LogP contribution >= 0.6 is 0 Å². The summed E-state index contributed by atoms with van der Waals surface area (Å²) in [6.07, 6.45) is 9.31. The molecule has 10 rings (SSSR count). The number of hydrogen-bond donors (Lipinski definition) is 0. The zero-order valence-electron chi connectivity index (χ0n) is 20.3. The van der Waals surface area contributed by atoms with Gasteiger partial charge in [-0.15, -0.1) is 0 Å². The Labute approximate surface area is 211 Å². The largest absolute Gasteiger partial charge is 0.256 e. The number of pyridine rings is 2. The molecule has 174 valence electrons. The van der Waals surface area contributed by atoms with E-state index in [4.69, 9.17) is 9.97 Å². The Kier molecular flexibility index (Phi) is 3.61. The third-order valence-corrected chi connectivity index (χ3v) is 10.8. The molecule has 3 fully saturated rings. The number of benzene rings is 3. The molecular weight excluding hydrogens is 436 g/mol. The maximum absolute atomic E-state index is 5.20. The van der Waals surface area contributed by atoms with Gasteiger partial charge in [0.05, 0.1) is 11.0 Å². The van der Waals surface area contributed by atoms with Crippen molar-refractivity contribution in [3.63, 3.8) is 0 Å². The quantitative estimate of drug-likeness (QED) is 0.254. The van der Waals surface area contributed by atoms with Gasteiger partial charge in [0.25, 0.3) is 0 Å². The van der Waals surface area contributed by atoms with Crippen molar-refractivity contribution < 1.29 is 0 Å². The first-order chi connectivity index (χ1) is 17.9. The van der Waals surface area contributed by atoms with Gasteiger partial charge >= 0.3 is 0 Å². The molecule has 4 atom stereocenters. The molecule has 3 saturated carbocycles. The minimum absolute atomic E-state index is 0.0251. The topological polar surface area (TPSA) is 25.8 Å². The van der Waals surface area contributed by atoms with Gasteiger partial charge in [0, 0.05) is 34.0 Å². The zero-order chi connectivity index (χ0) is 23.5. The van der Waals surface area contributed by atoms with Gasteiger partial charge in [-0.3, -0.25) is 9.97 Å². The van der Waals surface area contributed by atoms with Crippen molar-refractivity contribution in [3.05, 3.63) is 120 Å². The van der Waals surface area contributed by atoms with Crippen LogP contribution in [0, 0.1) is 23.7 Å². The highest BCUT2D eigenvalue weighted by atomic mass is 14.8. The fourth-order valence-electron chi connectivity index (χ4n) is 10.3. The van der Waals surface area contributed by atoms with E-state index in [9.17, 15) is 0 Å². The average Bonchev–Trinajstić information content (AvgIpc) is 3.47. The van der Waals surface area contributed by atoms with Crippen LogP contribution in [-0.4, -0.2) is 9.97 Å². The normalized spacial score (nSPS) is 33.3. The monoisotopic (exact) mass is 464 g/mol. The summed E-state index contributed by atoms with van der Waals surface area (Å²) in [6.45, 7) is 0. The lowest BCUT2D eigenvalue weighted by molar-refractivity contribution is 0.0388. The maximum atomic E-state index is 5.20. The summed E-state index contributed by atoms with van der Waals surface area (Å²) in [4.78, 5) is 10.4. The molecular formula is C34H28N2. The Bertz CT molecular complexity index is 1530. The number of aromatic nitrogens is 2. The molecule has 0 spiro atoms. The van der Waals surface area contributed by atoms with E-state index in [0.717, 1.165) is 0 Å². The maximum Gasteiger partial charge on any atom is 0.0753 e. The van der Waals surface area contributed by atoms with E-state index in [1.54, 1.807) is 0 Å². The van der Waals surface area contributed by atoms with E-state index in [1.807, 2.05) is 12.4 Å². The van der Waals surface area contributed by atoms with Crippen LogP contribution in [0.2, 0.25) is 0 Å². The van der Waals surface area contributed by atoms with Crippen LogP contribution in [0.3, 0.4) is 0 Å².